The number of hydrogen-bond donors (Lipinski definition) is 1. The van der Waals surface area contributed by atoms with Crippen molar-refractivity contribution in [3.63, 3.8) is 0 Å². The molecule has 2 aromatic heterocycles. The molecule has 3 aromatic rings. The molecule has 0 spiro atoms. The number of carbonyl (C=O) groups is 1. The van der Waals surface area contributed by atoms with Gasteiger partial charge in [-0.15, -0.1) is 11.3 Å². The normalized spacial score (nSPS) is 10.8. The summed E-state index contributed by atoms with van der Waals surface area (Å²) in [7, 11) is 0. The molecular formula is C17H17BrN4OS. The topological polar surface area (TPSA) is 59.8 Å². The molecule has 5 nitrogen and oxygen atoms in total. The van der Waals surface area contributed by atoms with Crippen LogP contribution in [0.4, 0.5) is 5.82 Å². The van der Waals surface area contributed by atoms with E-state index in [1.807, 2.05) is 42.6 Å². The van der Waals surface area contributed by atoms with Gasteiger partial charge in [-0.2, -0.15) is 5.10 Å². The maximum absolute atomic E-state index is 12.2. The quantitative estimate of drug-likeness (QED) is 0.674. The molecule has 1 aromatic carbocycles. The third kappa shape index (κ3) is 4.52. The molecule has 2 heterocycles. The Kier molecular flexibility index (Phi) is 5.42. The molecule has 0 saturated heterocycles. The molecule has 0 aliphatic heterocycles. The van der Waals surface area contributed by atoms with Gasteiger partial charge in [-0.3, -0.25) is 4.79 Å². The Morgan fingerprint density at radius 1 is 1.29 bits per heavy atom. The van der Waals surface area contributed by atoms with Crippen molar-refractivity contribution in [1.29, 1.82) is 0 Å². The highest BCUT2D eigenvalue weighted by molar-refractivity contribution is 9.10. The van der Waals surface area contributed by atoms with Crippen molar-refractivity contribution in [3.8, 4) is 0 Å². The second-order valence-corrected chi connectivity index (χ2v) is 7.29. The van der Waals surface area contributed by atoms with E-state index in [0.717, 1.165) is 20.7 Å². The number of amides is 1. The van der Waals surface area contributed by atoms with Gasteiger partial charge in [0.25, 0.3) is 0 Å². The zero-order valence-corrected chi connectivity index (χ0v) is 15.6. The highest BCUT2D eigenvalue weighted by Crippen LogP contribution is 2.15. The molecule has 7 heteroatoms. The third-order valence-corrected chi connectivity index (χ3v) is 5.02. The first-order valence-corrected chi connectivity index (χ1v) is 9.24. The lowest BCUT2D eigenvalue weighted by molar-refractivity contribution is -0.116. The molecule has 0 fully saturated rings. The Morgan fingerprint density at radius 2 is 2.08 bits per heavy atom. The van der Waals surface area contributed by atoms with Gasteiger partial charge in [0.15, 0.2) is 0 Å². The van der Waals surface area contributed by atoms with E-state index in [2.05, 4.69) is 31.3 Å². The minimum absolute atomic E-state index is 0.0274. The van der Waals surface area contributed by atoms with E-state index in [1.54, 1.807) is 22.2 Å². The molecule has 124 valence electrons. The summed E-state index contributed by atoms with van der Waals surface area (Å²) < 4.78 is 2.83. The highest BCUT2D eigenvalue weighted by Gasteiger charge is 2.09. The fraction of sp³-hybridized carbons (Fsp3) is 0.235. The van der Waals surface area contributed by atoms with Gasteiger partial charge < -0.3 is 5.32 Å². The number of anilines is 1. The summed E-state index contributed by atoms with van der Waals surface area (Å²) in [5.41, 5.74) is 2.12. The first-order chi connectivity index (χ1) is 11.6. The average Bonchev–Trinajstić information content (AvgIpc) is 3.17. The minimum Gasteiger partial charge on any atom is -0.311 e. The number of aromatic nitrogens is 3. The van der Waals surface area contributed by atoms with Crippen LogP contribution in [0, 0.1) is 6.92 Å². The van der Waals surface area contributed by atoms with Gasteiger partial charge in [0.2, 0.25) is 5.91 Å². The van der Waals surface area contributed by atoms with Gasteiger partial charge in [-0.25, -0.2) is 9.67 Å². The van der Waals surface area contributed by atoms with Crippen LogP contribution in [-0.2, 0) is 17.8 Å². The van der Waals surface area contributed by atoms with Crippen LogP contribution in [0.1, 0.15) is 22.7 Å². The molecule has 3 rings (SSSR count). The second-order valence-electron chi connectivity index (χ2n) is 5.43. The summed E-state index contributed by atoms with van der Waals surface area (Å²) in [5, 5.41) is 10.2. The Morgan fingerprint density at radius 3 is 2.79 bits per heavy atom. The van der Waals surface area contributed by atoms with Crippen LogP contribution in [0.3, 0.4) is 0 Å². The lowest BCUT2D eigenvalue weighted by atomic mass is 10.2. The number of nitrogens with one attached hydrogen (secondary N) is 1. The number of aryl methyl sites for hydroxylation is 2. The smallest absolute Gasteiger partial charge is 0.225 e. The minimum atomic E-state index is -0.0274. The van der Waals surface area contributed by atoms with E-state index in [4.69, 9.17) is 0 Å². The molecule has 0 bridgehead atoms. The van der Waals surface area contributed by atoms with Crippen molar-refractivity contribution >= 4 is 39.0 Å². The number of rotatable bonds is 6. The summed E-state index contributed by atoms with van der Waals surface area (Å²) in [6.45, 7) is 2.57. The molecule has 0 aliphatic carbocycles. The standard InChI is InChI=1S/C17H17BrN4OS/c1-12-11-24-17(20-12)7-6-16(23)21-15-8-9-19-22(15)10-13-2-4-14(18)5-3-13/h2-5,8-9,11H,6-7,10H2,1H3,(H,21,23). The second kappa shape index (κ2) is 7.72. The zero-order chi connectivity index (χ0) is 16.9. The fourth-order valence-electron chi connectivity index (χ4n) is 2.27. The van der Waals surface area contributed by atoms with Crippen LogP contribution >= 0.6 is 27.3 Å². The number of benzene rings is 1. The number of hydrogen-bond acceptors (Lipinski definition) is 4. The maximum atomic E-state index is 12.2. The van der Waals surface area contributed by atoms with E-state index >= 15 is 0 Å². The summed E-state index contributed by atoms with van der Waals surface area (Å²) >= 11 is 5.02. The van der Waals surface area contributed by atoms with Crippen LogP contribution in [-0.4, -0.2) is 20.7 Å². The summed E-state index contributed by atoms with van der Waals surface area (Å²) in [4.78, 5) is 16.5. The maximum Gasteiger partial charge on any atom is 0.225 e. The number of halogens is 1. The predicted octanol–water partition coefficient (Wildman–Crippen LogP) is 4.03. The summed E-state index contributed by atoms with van der Waals surface area (Å²) in [6.07, 6.45) is 2.76. The first kappa shape index (κ1) is 16.9. The van der Waals surface area contributed by atoms with E-state index in [9.17, 15) is 4.79 Å². The van der Waals surface area contributed by atoms with Gasteiger partial charge in [0.05, 0.1) is 17.7 Å². The highest BCUT2D eigenvalue weighted by atomic mass is 79.9. The van der Waals surface area contributed by atoms with Gasteiger partial charge in [0, 0.05) is 34.5 Å². The molecule has 0 aliphatic rings. The van der Waals surface area contributed by atoms with Crippen molar-refractivity contribution in [2.75, 3.05) is 5.32 Å². The van der Waals surface area contributed by atoms with Crippen molar-refractivity contribution in [1.82, 2.24) is 14.8 Å². The third-order valence-electron chi connectivity index (χ3n) is 3.46. The molecule has 0 saturated carbocycles. The van der Waals surface area contributed by atoms with Crippen molar-refractivity contribution in [2.24, 2.45) is 0 Å². The number of thiazole rings is 1. The molecule has 24 heavy (non-hydrogen) atoms. The van der Waals surface area contributed by atoms with Gasteiger partial charge in [-0.1, -0.05) is 28.1 Å². The lowest BCUT2D eigenvalue weighted by Gasteiger charge is -2.09. The molecule has 1 amide bonds. The Bertz CT molecular complexity index is 825. The molecule has 0 radical (unpaired) electrons. The number of carbonyl (C=O) groups excluding carboxylic acids is 1. The predicted molar refractivity (Wildman–Crippen MR) is 99.3 cm³/mol. The lowest BCUT2D eigenvalue weighted by Crippen LogP contribution is -2.16. The van der Waals surface area contributed by atoms with E-state index in [1.165, 1.54) is 0 Å². The van der Waals surface area contributed by atoms with E-state index < -0.39 is 0 Å². The zero-order valence-electron chi connectivity index (χ0n) is 13.2. The molecule has 0 unspecified atom stereocenters. The average molecular weight is 405 g/mol. The summed E-state index contributed by atoms with van der Waals surface area (Å²) in [6, 6.07) is 9.86. The van der Waals surface area contributed by atoms with Crippen LogP contribution in [0.5, 0.6) is 0 Å². The first-order valence-electron chi connectivity index (χ1n) is 7.57. The number of nitrogens with zero attached hydrogens (tertiary/aromatic N) is 3. The van der Waals surface area contributed by atoms with Crippen molar-refractivity contribution in [3.05, 3.63) is 62.6 Å². The van der Waals surface area contributed by atoms with Crippen LogP contribution in [0.25, 0.3) is 0 Å². The van der Waals surface area contributed by atoms with Crippen LogP contribution in [0.15, 0.2) is 46.4 Å². The fourth-order valence-corrected chi connectivity index (χ4v) is 3.31. The van der Waals surface area contributed by atoms with Crippen molar-refractivity contribution < 1.29 is 4.79 Å². The molecule has 1 N–H and O–H groups in total. The molecule has 0 atom stereocenters. The molecular weight excluding hydrogens is 388 g/mol. The van der Waals surface area contributed by atoms with E-state index in [-0.39, 0.29) is 5.91 Å². The van der Waals surface area contributed by atoms with Crippen molar-refractivity contribution in [2.45, 2.75) is 26.3 Å². The SMILES string of the molecule is Cc1csc(CCC(=O)Nc2ccnn2Cc2ccc(Br)cc2)n1. The Labute approximate surface area is 152 Å². The largest absolute Gasteiger partial charge is 0.311 e. The monoisotopic (exact) mass is 404 g/mol. The van der Waals surface area contributed by atoms with E-state index in [0.29, 0.717) is 25.2 Å². The van der Waals surface area contributed by atoms with Gasteiger partial charge >= 0.3 is 0 Å². The summed E-state index contributed by atoms with van der Waals surface area (Å²) in [5.74, 6) is 0.679. The van der Waals surface area contributed by atoms with Gasteiger partial charge in [0.1, 0.15) is 5.82 Å². The van der Waals surface area contributed by atoms with Crippen LogP contribution in [0.2, 0.25) is 0 Å². The Balaban J connectivity index is 1.58. The van der Waals surface area contributed by atoms with Crippen LogP contribution < -0.4 is 5.32 Å². The van der Waals surface area contributed by atoms with Gasteiger partial charge in [-0.05, 0) is 24.6 Å². The Hall–Kier alpha value is -1.99.